The number of hydroxylamine groups is 2. The molecule has 0 saturated carbocycles. The minimum atomic E-state index is -1.36. The van der Waals surface area contributed by atoms with Gasteiger partial charge in [0.25, 0.3) is 0 Å². The van der Waals surface area contributed by atoms with Gasteiger partial charge in [-0.1, -0.05) is 50.6 Å². The molecule has 7 nitrogen and oxygen atoms in total. The third kappa shape index (κ3) is 6.70. The number of cyclic esters (lactones) is 1. The summed E-state index contributed by atoms with van der Waals surface area (Å²) in [6.07, 6.45) is 2.91. The number of nitrogens with zero attached hydrogens (tertiary/aromatic N) is 1. The molecular formula is C22H35N3O4S. The van der Waals surface area contributed by atoms with Crippen molar-refractivity contribution in [3.63, 3.8) is 0 Å². The third-order valence-electron chi connectivity index (χ3n) is 5.50. The van der Waals surface area contributed by atoms with E-state index in [9.17, 15) is 9.59 Å². The number of rotatable bonds is 13. The van der Waals surface area contributed by atoms with Crippen LogP contribution in [0.3, 0.4) is 0 Å². The van der Waals surface area contributed by atoms with E-state index in [0.29, 0.717) is 37.7 Å². The Balaban J connectivity index is 2.17. The first-order valence-electron chi connectivity index (χ1n) is 10.7. The zero-order valence-corrected chi connectivity index (χ0v) is 18.9. The molecule has 2 rings (SSSR count). The van der Waals surface area contributed by atoms with Crippen LogP contribution < -0.4 is 11.1 Å². The summed E-state index contributed by atoms with van der Waals surface area (Å²) in [6, 6.07) is 9.51. The highest BCUT2D eigenvalue weighted by atomic mass is 32.1. The van der Waals surface area contributed by atoms with Gasteiger partial charge in [0.15, 0.2) is 0 Å². The molecule has 8 heteroatoms. The molecule has 3 N–H and O–H groups in total. The van der Waals surface area contributed by atoms with Crippen LogP contribution in [0.5, 0.6) is 0 Å². The summed E-state index contributed by atoms with van der Waals surface area (Å²) < 4.78 is 5.24. The van der Waals surface area contributed by atoms with Gasteiger partial charge in [0, 0.05) is 31.2 Å². The van der Waals surface area contributed by atoms with E-state index < -0.39 is 11.6 Å². The highest BCUT2D eigenvalue weighted by Crippen LogP contribution is 2.27. The summed E-state index contributed by atoms with van der Waals surface area (Å²) in [5.74, 6) is 0.150. The van der Waals surface area contributed by atoms with Crippen LogP contribution in [-0.2, 0) is 25.6 Å². The Hall–Kier alpha value is -1.61. The standard InChI is InChI=1S/C22H35N3O4S/c1-3-17(2)11-13-29-25(20(26)10-9-18-7-5-4-6-8-18)22(12-14-28-21(22)27)24-15-19(23)16-30/h4-8,17,19,24,30H,3,9-16,23H2,1-2H3/t17-,19?,22+/m0/s1. The summed E-state index contributed by atoms with van der Waals surface area (Å²) >= 11 is 4.20. The van der Waals surface area contributed by atoms with Gasteiger partial charge in [-0.05, 0) is 24.3 Å². The number of carbonyl (C=O) groups is 2. The number of hydrogen-bond donors (Lipinski definition) is 3. The zero-order valence-electron chi connectivity index (χ0n) is 18.0. The SMILES string of the molecule is CC[C@H](C)CCON(C(=O)CCc1ccccc1)[C@]1(NCC(N)CS)CCOC1=O. The first-order valence-corrected chi connectivity index (χ1v) is 11.3. The van der Waals surface area contributed by atoms with Crippen molar-refractivity contribution in [3.8, 4) is 0 Å². The molecule has 1 aliphatic heterocycles. The molecule has 168 valence electrons. The van der Waals surface area contributed by atoms with Crippen molar-refractivity contribution >= 4 is 24.5 Å². The average Bonchev–Trinajstić information content (AvgIpc) is 3.14. The monoisotopic (exact) mass is 437 g/mol. The van der Waals surface area contributed by atoms with Gasteiger partial charge >= 0.3 is 5.97 Å². The van der Waals surface area contributed by atoms with Crippen LogP contribution in [0.25, 0.3) is 0 Å². The fourth-order valence-electron chi connectivity index (χ4n) is 3.24. The van der Waals surface area contributed by atoms with Crippen LogP contribution in [0.15, 0.2) is 30.3 Å². The maximum atomic E-state index is 13.2. The molecule has 1 fully saturated rings. The van der Waals surface area contributed by atoms with Gasteiger partial charge in [0.05, 0.1) is 13.2 Å². The van der Waals surface area contributed by atoms with E-state index in [1.807, 2.05) is 30.3 Å². The molecule has 1 aromatic rings. The highest BCUT2D eigenvalue weighted by Gasteiger charge is 2.52. The largest absolute Gasteiger partial charge is 0.463 e. The van der Waals surface area contributed by atoms with Crippen molar-refractivity contribution in [1.29, 1.82) is 0 Å². The van der Waals surface area contributed by atoms with Crippen molar-refractivity contribution in [1.82, 2.24) is 10.4 Å². The van der Waals surface area contributed by atoms with E-state index in [1.54, 1.807) is 0 Å². The molecule has 1 aromatic carbocycles. The lowest BCUT2D eigenvalue weighted by atomic mass is 10.1. The van der Waals surface area contributed by atoms with Gasteiger partial charge in [-0.25, -0.2) is 4.79 Å². The molecule has 1 aliphatic rings. The molecule has 1 unspecified atom stereocenters. The van der Waals surface area contributed by atoms with Crippen molar-refractivity contribution in [2.45, 2.75) is 57.7 Å². The number of carbonyl (C=O) groups excluding carboxylic acids is 2. The highest BCUT2D eigenvalue weighted by molar-refractivity contribution is 7.80. The Bertz CT molecular complexity index is 676. The number of thiol groups is 1. The molecule has 1 amide bonds. The topological polar surface area (TPSA) is 93.9 Å². The van der Waals surface area contributed by atoms with Crippen LogP contribution in [-0.4, -0.2) is 54.2 Å². The maximum absolute atomic E-state index is 13.2. The molecule has 1 heterocycles. The van der Waals surface area contributed by atoms with Gasteiger partial charge in [-0.3, -0.25) is 14.9 Å². The number of ether oxygens (including phenoxy) is 1. The number of nitrogens with one attached hydrogen (secondary N) is 1. The fourth-order valence-corrected chi connectivity index (χ4v) is 3.37. The van der Waals surface area contributed by atoms with Crippen LogP contribution in [0.4, 0.5) is 0 Å². The Morgan fingerprint density at radius 3 is 2.73 bits per heavy atom. The normalized spacial score (nSPS) is 20.6. The Kier molecular flexibility index (Phi) is 10.1. The number of amides is 1. The second kappa shape index (κ2) is 12.3. The molecule has 3 atom stereocenters. The zero-order chi connectivity index (χ0) is 22.0. The minimum absolute atomic E-state index is 0.221. The predicted octanol–water partition coefficient (Wildman–Crippen LogP) is 2.31. The molecule has 0 aliphatic carbocycles. The Morgan fingerprint density at radius 2 is 2.13 bits per heavy atom. The van der Waals surface area contributed by atoms with E-state index in [1.165, 1.54) is 5.06 Å². The first kappa shape index (κ1) is 24.7. The smallest absolute Gasteiger partial charge is 0.349 e. The lowest BCUT2D eigenvalue weighted by Gasteiger charge is -2.38. The van der Waals surface area contributed by atoms with Gasteiger partial charge in [0.1, 0.15) is 0 Å². The van der Waals surface area contributed by atoms with Gasteiger partial charge in [0.2, 0.25) is 11.6 Å². The molecule has 0 aromatic heterocycles. The predicted molar refractivity (Wildman–Crippen MR) is 120 cm³/mol. The van der Waals surface area contributed by atoms with E-state index in [0.717, 1.165) is 18.4 Å². The van der Waals surface area contributed by atoms with Crippen LogP contribution >= 0.6 is 12.6 Å². The lowest BCUT2D eigenvalue weighted by Crippen LogP contribution is -2.65. The summed E-state index contributed by atoms with van der Waals surface area (Å²) in [5.41, 5.74) is 5.69. The van der Waals surface area contributed by atoms with E-state index in [4.69, 9.17) is 15.3 Å². The molecule has 1 saturated heterocycles. The van der Waals surface area contributed by atoms with Crippen molar-refractivity contribution in [3.05, 3.63) is 35.9 Å². The van der Waals surface area contributed by atoms with Gasteiger partial charge in [-0.15, -0.1) is 0 Å². The van der Waals surface area contributed by atoms with Crippen molar-refractivity contribution < 1.29 is 19.2 Å². The van der Waals surface area contributed by atoms with E-state index in [2.05, 4.69) is 31.8 Å². The Morgan fingerprint density at radius 1 is 1.40 bits per heavy atom. The van der Waals surface area contributed by atoms with Gasteiger partial charge < -0.3 is 10.5 Å². The van der Waals surface area contributed by atoms with Crippen LogP contribution in [0, 0.1) is 5.92 Å². The average molecular weight is 438 g/mol. The molecule has 0 spiro atoms. The third-order valence-corrected chi connectivity index (χ3v) is 5.97. The minimum Gasteiger partial charge on any atom is -0.463 e. The van der Waals surface area contributed by atoms with E-state index in [-0.39, 0.29) is 25.0 Å². The summed E-state index contributed by atoms with van der Waals surface area (Å²) in [5, 5.41) is 4.38. The maximum Gasteiger partial charge on any atom is 0.349 e. The molecule has 30 heavy (non-hydrogen) atoms. The second-order valence-corrected chi connectivity index (χ2v) is 8.24. The number of aryl methyl sites for hydroxylation is 1. The number of esters is 1. The Labute approximate surface area is 185 Å². The van der Waals surface area contributed by atoms with E-state index >= 15 is 0 Å². The summed E-state index contributed by atoms with van der Waals surface area (Å²) in [6.45, 7) is 5.13. The summed E-state index contributed by atoms with van der Waals surface area (Å²) in [4.78, 5) is 31.9. The number of nitrogens with two attached hydrogens (primary N) is 1. The first-order chi connectivity index (χ1) is 14.4. The quantitative estimate of drug-likeness (QED) is 0.190. The van der Waals surface area contributed by atoms with Crippen LogP contribution in [0.2, 0.25) is 0 Å². The van der Waals surface area contributed by atoms with Gasteiger partial charge in [-0.2, -0.15) is 17.7 Å². The fraction of sp³-hybridized carbons (Fsp3) is 0.636. The summed E-state index contributed by atoms with van der Waals surface area (Å²) in [7, 11) is 0. The lowest BCUT2D eigenvalue weighted by molar-refractivity contribution is -0.230. The molecule has 0 radical (unpaired) electrons. The van der Waals surface area contributed by atoms with Crippen molar-refractivity contribution in [2.24, 2.45) is 11.7 Å². The second-order valence-electron chi connectivity index (χ2n) is 7.88. The molecular weight excluding hydrogens is 402 g/mol. The number of benzene rings is 1. The van der Waals surface area contributed by atoms with Crippen molar-refractivity contribution in [2.75, 3.05) is 25.5 Å². The van der Waals surface area contributed by atoms with Crippen LogP contribution in [0.1, 0.15) is 45.1 Å². The molecule has 0 bridgehead atoms. The number of hydrogen-bond acceptors (Lipinski definition) is 7.